The van der Waals surface area contributed by atoms with Crippen molar-refractivity contribution in [3.63, 3.8) is 0 Å². The normalized spacial score (nSPS) is 10.5. The molecule has 2 aromatic heterocycles. The molecule has 0 spiro atoms. The quantitative estimate of drug-likeness (QED) is 0.860. The van der Waals surface area contributed by atoms with Crippen molar-refractivity contribution in [3.05, 3.63) is 28.4 Å². The molecule has 6 heteroatoms. The molecule has 0 aliphatic carbocycles. The molecule has 0 amide bonds. The fourth-order valence-electron chi connectivity index (χ4n) is 1.86. The van der Waals surface area contributed by atoms with Crippen molar-refractivity contribution >= 4 is 21.7 Å². The van der Waals surface area contributed by atoms with Gasteiger partial charge in [0.25, 0.3) is 0 Å². The summed E-state index contributed by atoms with van der Waals surface area (Å²) in [5, 5.41) is 3.32. The van der Waals surface area contributed by atoms with Crippen LogP contribution in [-0.4, -0.2) is 28.6 Å². The van der Waals surface area contributed by atoms with Crippen molar-refractivity contribution in [1.82, 2.24) is 15.0 Å². The van der Waals surface area contributed by atoms with Crippen LogP contribution in [-0.2, 0) is 6.42 Å². The molecule has 112 valence electrons. The molecule has 0 aliphatic rings. The van der Waals surface area contributed by atoms with E-state index in [-0.39, 0.29) is 0 Å². The summed E-state index contributed by atoms with van der Waals surface area (Å²) >= 11 is 3.57. The van der Waals surface area contributed by atoms with E-state index in [2.05, 4.69) is 50.0 Å². The molecule has 2 heterocycles. The molecule has 0 aliphatic heterocycles. The number of ether oxygens (including phenoxy) is 1. The summed E-state index contributed by atoms with van der Waals surface area (Å²) in [6, 6.07) is 5.57. The van der Waals surface area contributed by atoms with E-state index in [1.165, 1.54) is 0 Å². The van der Waals surface area contributed by atoms with E-state index in [4.69, 9.17) is 4.74 Å². The first-order chi connectivity index (χ1) is 10.2. The molecular formula is C15H19BrN4O. The summed E-state index contributed by atoms with van der Waals surface area (Å²) in [5.41, 5.74) is 1.67. The fourth-order valence-corrected chi connectivity index (χ4v) is 2.45. The van der Waals surface area contributed by atoms with E-state index in [0.717, 1.165) is 35.4 Å². The first-order valence-corrected chi connectivity index (χ1v) is 7.80. The number of methoxy groups -OCH3 is 1. The van der Waals surface area contributed by atoms with E-state index < -0.39 is 0 Å². The van der Waals surface area contributed by atoms with Gasteiger partial charge >= 0.3 is 0 Å². The second-order valence-corrected chi connectivity index (χ2v) is 5.30. The highest BCUT2D eigenvalue weighted by Gasteiger charge is 2.13. The summed E-state index contributed by atoms with van der Waals surface area (Å²) in [6.07, 6.45) is 1.85. The lowest BCUT2D eigenvalue weighted by Crippen LogP contribution is -2.07. The van der Waals surface area contributed by atoms with Gasteiger partial charge in [0.1, 0.15) is 11.5 Å². The Morgan fingerprint density at radius 2 is 2.00 bits per heavy atom. The number of rotatable bonds is 6. The largest absolute Gasteiger partial charge is 0.481 e. The van der Waals surface area contributed by atoms with Gasteiger partial charge in [-0.15, -0.1) is 0 Å². The monoisotopic (exact) mass is 350 g/mol. The maximum absolute atomic E-state index is 5.16. The molecule has 5 nitrogen and oxygen atoms in total. The van der Waals surface area contributed by atoms with Crippen LogP contribution >= 0.6 is 15.9 Å². The number of aryl methyl sites for hydroxylation is 1. The van der Waals surface area contributed by atoms with Gasteiger partial charge in [0.2, 0.25) is 5.88 Å². The van der Waals surface area contributed by atoms with E-state index in [1.807, 2.05) is 12.1 Å². The molecule has 0 saturated heterocycles. The van der Waals surface area contributed by atoms with E-state index >= 15 is 0 Å². The third kappa shape index (κ3) is 3.69. The molecule has 1 N–H and O–H groups in total. The summed E-state index contributed by atoms with van der Waals surface area (Å²) in [6.45, 7) is 5.05. The lowest BCUT2D eigenvalue weighted by atomic mass is 10.2. The van der Waals surface area contributed by atoms with Crippen LogP contribution in [0.15, 0.2) is 22.7 Å². The second kappa shape index (κ2) is 7.36. The molecule has 0 radical (unpaired) electrons. The average Bonchev–Trinajstić information content (AvgIpc) is 2.54. The second-order valence-electron chi connectivity index (χ2n) is 4.50. The zero-order chi connectivity index (χ0) is 15.2. The summed E-state index contributed by atoms with van der Waals surface area (Å²) in [4.78, 5) is 13.6. The van der Waals surface area contributed by atoms with Crippen LogP contribution in [0.5, 0.6) is 5.88 Å². The molecule has 0 atom stereocenters. The van der Waals surface area contributed by atoms with Gasteiger partial charge in [0.05, 0.1) is 17.3 Å². The molecule has 0 fully saturated rings. The van der Waals surface area contributed by atoms with Gasteiger partial charge in [-0.2, -0.15) is 0 Å². The van der Waals surface area contributed by atoms with Crippen molar-refractivity contribution in [2.45, 2.75) is 26.7 Å². The Labute approximate surface area is 133 Å². The van der Waals surface area contributed by atoms with E-state index in [9.17, 15) is 0 Å². The van der Waals surface area contributed by atoms with Crippen LogP contribution in [0.4, 0.5) is 5.82 Å². The van der Waals surface area contributed by atoms with Crippen molar-refractivity contribution in [2.75, 3.05) is 19.0 Å². The number of anilines is 1. The zero-order valence-corrected chi connectivity index (χ0v) is 14.1. The molecule has 0 saturated carbocycles. The van der Waals surface area contributed by atoms with Crippen molar-refractivity contribution in [2.24, 2.45) is 0 Å². The van der Waals surface area contributed by atoms with Crippen molar-refractivity contribution in [3.8, 4) is 17.4 Å². The number of hydrogen-bond donors (Lipinski definition) is 1. The summed E-state index contributed by atoms with van der Waals surface area (Å²) in [5.74, 6) is 1.97. The third-order valence-electron chi connectivity index (χ3n) is 2.96. The van der Waals surface area contributed by atoms with Crippen LogP contribution in [0.2, 0.25) is 0 Å². The highest BCUT2D eigenvalue weighted by molar-refractivity contribution is 9.10. The van der Waals surface area contributed by atoms with Gasteiger partial charge in [-0.1, -0.05) is 19.9 Å². The Morgan fingerprint density at radius 1 is 1.19 bits per heavy atom. The number of aromatic nitrogens is 3. The standard InChI is InChI=1S/C15H19BrN4O/c1-4-9-17-15-13(16)10(5-2)19-14(20-15)11-7-6-8-12(18-11)21-3/h6-8H,4-5,9H2,1-3H3,(H,17,19,20). The smallest absolute Gasteiger partial charge is 0.213 e. The Bertz CT molecular complexity index is 619. The lowest BCUT2D eigenvalue weighted by Gasteiger charge is -2.12. The Morgan fingerprint density at radius 3 is 2.67 bits per heavy atom. The van der Waals surface area contributed by atoms with Crippen molar-refractivity contribution < 1.29 is 4.74 Å². The maximum Gasteiger partial charge on any atom is 0.213 e. The molecule has 0 unspecified atom stereocenters. The number of pyridine rings is 1. The van der Waals surface area contributed by atoms with Crippen LogP contribution in [0.3, 0.4) is 0 Å². The number of hydrogen-bond acceptors (Lipinski definition) is 5. The summed E-state index contributed by atoms with van der Waals surface area (Å²) < 4.78 is 6.08. The molecule has 2 aromatic rings. The molecule has 2 rings (SSSR count). The van der Waals surface area contributed by atoms with E-state index in [0.29, 0.717) is 17.4 Å². The minimum Gasteiger partial charge on any atom is -0.481 e. The predicted molar refractivity (Wildman–Crippen MR) is 87.7 cm³/mol. The molecule has 0 bridgehead atoms. The number of halogens is 1. The van der Waals surface area contributed by atoms with Gasteiger partial charge < -0.3 is 10.1 Å². The molecule has 0 aromatic carbocycles. The van der Waals surface area contributed by atoms with Gasteiger partial charge in [-0.3, -0.25) is 0 Å². The van der Waals surface area contributed by atoms with E-state index in [1.54, 1.807) is 13.2 Å². The minimum atomic E-state index is 0.556. The number of nitrogens with zero attached hydrogens (tertiary/aromatic N) is 3. The number of nitrogens with one attached hydrogen (secondary N) is 1. The third-order valence-corrected chi connectivity index (χ3v) is 3.79. The lowest BCUT2D eigenvalue weighted by molar-refractivity contribution is 0.398. The minimum absolute atomic E-state index is 0.556. The SMILES string of the molecule is CCCNc1nc(-c2cccc(OC)n2)nc(CC)c1Br. The topological polar surface area (TPSA) is 59.9 Å². The molecule has 21 heavy (non-hydrogen) atoms. The highest BCUT2D eigenvalue weighted by Crippen LogP contribution is 2.27. The van der Waals surface area contributed by atoms with Gasteiger partial charge in [-0.05, 0) is 34.8 Å². The van der Waals surface area contributed by atoms with Crippen molar-refractivity contribution in [1.29, 1.82) is 0 Å². The zero-order valence-electron chi connectivity index (χ0n) is 12.5. The Kier molecular flexibility index (Phi) is 5.50. The van der Waals surface area contributed by atoms with Crippen LogP contribution in [0.25, 0.3) is 11.5 Å². The predicted octanol–water partition coefficient (Wildman–Crippen LogP) is 3.69. The van der Waals surface area contributed by atoms with Crippen LogP contribution < -0.4 is 10.1 Å². The first-order valence-electron chi connectivity index (χ1n) is 7.01. The molecular weight excluding hydrogens is 332 g/mol. The highest BCUT2D eigenvalue weighted by atomic mass is 79.9. The van der Waals surface area contributed by atoms with Crippen LogP contribution in [0, 0.1) is 0 Å². The van der Waals surface area contributed by atoms with Crippen LogP contribution in [0.1, 0.15) is 26.0 Å². The average molecular weight is 351 g/mol. The van der Waals surface area contributed by atoms with Gasteiger partial charge in [0.15, 0.2) is 5.82 Å². The van der Waals surface area contributed by atoms with Gasteiger partial charge in [0, 0.05) is 12.6 Å². The Balaban J connectivity index is 2.47. The van der Waals surface area contributed by atoms with Gasteiger partial charge in [-0.25, -0.2) is 15.0 Å². The summed E-state index contributed by atoms with van der Waals surface area (Å²) in [7, 11) is 1.60. The fraction of sp³-hybridized carbons (Fsp3) is 0.400. The first kappa shape index (κ1) is 15.7. The maximum atomic E-state index is 5.16. The Hall–Kier alpha value is -1.69.